The van der Waals surface area contributed by atoms with Gasteiger partial charge >= 0.3 is 0 Å². The summed E-state index contributed by atoms with van der Waals surface area (Å²) in [6, 6.07) is 0. The highest BCUT2D eigenvalue weighted by Crippen LogP contribution is 2.01. The molecule has 70 valence electrons. The van der Waals surface area contributed by atoms with Gasteiger partial charge in [0.2, 0.25) is 0 Å². The van der Waals surface area contributed by atoms with Gasteiger partial charge in [-0.25, -0.2) is 0 Å². The maximum absolute atomic E-state index is 10.9. The van der Waals surface area contributed by atoms with E-state index in [1.807, 2.05) is 0 Å². The molecule has 2 N–H and O–H groups in total. The zero-order chi connectivity index (χ0) is 9.72. The number of carbonyl (C=O) groups excluding carboxylic acids is 2. The first-order chi connectivity index (χ1) is 5.50. The van der Waals surface area contributed by atoms with Crippen molar-refractivity contribution >= 4 is 11.6 Å². The van der Waals surface area contributed by atoms with E-state index in [1.165, 1.54) is 0 Å². The van der Waals surface area contributed by atoms with Crippen molar-refractivity contribution in [2.45, 2.75) is 38.9 Å². The molecule has 12 heavy (non-hydrogen) atoms. The fourth-order valence-electron chi connectivity index (χ4n) is 0.793. The van der Waals surface area contributed by atoms with Crippen LogP contribution in [0.3, 0.4) is 0 Å². The van der Waals surface area contributed by atoms with Crippen molar-refractivity contribution in [3.63, 3.8) is 0 Å². The van der Waals surface area contributed by atoms with Gasteiger partial charge in [-0.1, -0.05) is 6.92 Å². The smallest absolute Gasteiger partial charge is 0.164 e. The van der Waals surface area contributed by atoms with Crippen molar-refractivity contribution < 1.29 is 19.8 Å². The molecule has 0 aromatic carbocycles. The van der Waals surface area contributed by atoms with Gasteiger partial charge in [0, 0.05) is 6.42 Å². The SMILES string of the molecule is CCCC(=O)C(O)C(O)C(C)=O. The lowest BCUT2D eigenvalue weighted by molar-refractivity contribution is -0.142. The lowest BCUT2D eigenvalue weighted by Crippen LogP contribution is -2.38. The minimum absolute atomic E-state index is 0.186. The molecular weight excluding hydrogens is 160 g/mol. The molecule has 0 aromatic rings. The van der Waals surface area contributed by atoms with E-state index in [4.69, 9.17) is 10.2 Å². The third-order valence-electron chi connectivity index (χ3n) is 1.54. The van der Waals surface area contributed by atoms with Crippen LogP contribution in [0.4, 0.5) is 0 Å². The van der Waals surface area contributed by atoms with Crippen LogP contribution in [0, 0.1) is 0 Å². The number of aliphatic hydroxyl groups is 2. The molecule has 0 rings (SSSR count). The molecule has 2 atom stereocenters. The van der Waals surface area contributed by atoms with Crippen LogP contribution in [-0.2, 0) is 9.59 Å². The first-order valence-electron chi connectivity index (χ1n) is 3.90. The fraction of sp³-hybridized carbons (Fsp3) is 0.750. The topological polar surface area (TPSA) is 74.6 Å². The zero-order valence-electron chi connectivity index (χ0n) is 7.28. The largest absolute Gasteiger partial charge is 0.382 e. The second-order valence-electron chi connectivity index (χ2n) is 2.72. The van der Waals surface area contributed by atoms with Gasteiger partial charge in [-0.05, 0) is 13.3 Å². The summed E-state index contributed by atoms with van der Waals surface area (Å²) in [6.45, 7) is 2.91. The van der Waals surface area contributed by atoms with Gasteiger partial charge in [-0.15, -0.1) is 0 Å². The molecule has 0 saturated heterocycles. The highest BCUT2D eigenvalue weighted by Gasteiger charge is 2.26. The van der Waals surface area contributed by atoms with E-state index >= 15 is 0 Å². The number of carbonyl (C=O) groups is 2. The van der Waals surface area contributed by atoms with Crippen LogP contribution in [0.1, 0.15) is 26.7 Å². The second-order valence-corrected chi connectivity index (χ2v) is 2.72. The third kappa shape index (κ3) is 3.11. The maximum atomic E-state index is 10.9. The van der Waals surface area contributed by atoms with Crippen molar-refractivity contribution in [3.8, 4) is 0 Å². The molecule has 0 aliphatic carbocycles. The Labute approximate surface area is 71.2 Å². The molecule has 0 aliphatic heterocycles. The summed E-state index contributed by atoms with van der Waals surface area (Å²) in [7, 11) is 0. The molecule has 0 saturated carbocycles. The monoisotopic (exact) mass is 174 g/mol. The van der Waals surface area contributed by atoms with E-state index in [0.29, 0.717) is 6.42 Å². The van der Waals surface area contributed by atoms with Crippen LogP contribution < -0.4 is 0 Å². The molecule has 0 bridgehead atoms. The predicted octanol–water partition coefficient (Wildman–Crippen LogP) is -0.334. The van der Waals surface area contributed by atoms with E-state index in [2.05, 4.69) is 0 Å². The molecule has 0 heterocycles. The van der Waals surface area contributed by atoms with Gasteiger partial charge in [-0.3, -0.25) is 9.59 Å². The summed E-state index contributed by atoms with van der Waals surface area (Å²) in [5, 5.41) is 18.0. The standard InChI is InChI=1S/C8H14O4/c1-3-4-6(10)8(12)7(11)5(2)9/h7-8,11-12H,3-4H2,1-2H3. The number of hydrogen-bond acceptors (Lipinski definition) is 4. The first kappa shape index (κ1) is 11.3. The predicted molar refractivity (Wildman–Crippen MR) is 42.6 cm³/mol. The van der Waals surface area contributed by atoms with E-state index in [-0.39, 0.29) is 6.42 Å². The van der Waals surface area contributed by atoms with Crippen LogP contribution >= 0.6 is 0 Å². The second kappa shape index (κ2) is 5.00. The number of hydrogen-bond donors (Lipinski definition) is 2. The van der Waals surface area contributed by atoms with E-state index in [9.17, 15) is 9.59 Å². The Bertz CT molecular complexity index is 176. The van der Waals surface area contributed by atoms with Crippen molar-refractivity contribution in [2.24, 2.45) is 0 Å². The van der Waals surface area contributed by atoms with Gasteiger partial charge in [0.25, 0.3) is 0 Å². The minimum atomic E-state index is -1.57. The molecule has 0 spiro atoms. The minimum Gasteiger partial charge on any atom is -0.382 e. The van der Waals surface area contributed by atoms with Gasteiger partial charge in [0.15, 0.2) is 11.6 Å². The average Bonchev–Trinajstić information content (AvgIpc) is 2.02. The summed E-state index contributed by atoms with van der Waals surface area (Å²) in [6.07, 6.45) is -2.34. The Balaban J connectivity index is 4.09. The van der Waals surface area contributed by atoms with Gasteiger partial charge < -0.3 is 10.2 Å². The average molecular weight is 174 g/mol. The lowest BCUT2D eigenvalue weighted by atomic mass is 10.0. The molecule has 0 aromatic heterocycles. The molecule has 0 amide bonds. The molecule has 4 nitrogen and oxygen atoms in total. The molecule has 0 aliphatic rings. The molecular formula is C8H14O4. The summed E-state index contributed by atoms with van der Waals surface area (Å²) in [5.74, 6) is -1.08. The van der Waals surface area contributed by atoms with Crippen molar-refractivity contribution in [3.05, 3.63) is 0 Å². The first-order valence-corrected chi connectivity index (χ1v) is 3.90. The fourth-order valence-corrected chi connectivity index (χ4v) is 0.793. The van der Waals surface area contributed by atoms with Crippen LogP contribution in [0.2, 0.25) is 0 Å². The highest BCUT2D eigenvalue weighted by molar-refractivity contribution is 5.91. The van der Waals surface area contributed by atoms with Gasteiger partial charge in [-0.2, -0.15) is 0 Å². The number of aliphatic hydroxyl groups excluding tert-OH is 2. The zero-order valence-corrected chi connectivity index (χ0v) is 7.28. The van der Waals surface area contributed by atoms with E-state index in [1.54, 1.807) is 6.92 Å². The Kier molecular flexibility index (Phi) is 4.70. The highest BCUT2D eigenvalue weighted by atomic mass is 16.3. The molecule has 0 fully saturated rings. The molecule has 4 heteroatoms. The quantitative estimate of drug-likeness (QED) is 0.598. The van der Waals surface area contributed by atoms with E-state index < -0.39 is 23.8 Å². The van der Waals surface area contributed by atoms with E-state index in [0.717, 1.165) is 6.92 Å². The molecule has 0 radical (unpaired) electrons. The van der Waals surface area contributed by atoms with Gasteiger partial charge in [0.05, 0.1) is 0 Å². The molecule has 2 unspecified atom stereocenters. The maximum Gasteiger partial charge on any atom is 0.164 e. The number of Topliss-reactive ketones (excluding diaryl/α,β-unsaturated/α-hetero) is 2. The number of ketones is 2. The Morgan fingerprint density at radius 2 is 1.75 bits per heavy atom. The summed E-state index contributed by atoms with van der Waals surface area (Å²) in [4.78, 5) is 21.5. The Morgan fingerprint density at radius 3 is 2.08 bits per heavy atom. The summed E-state index contributed by atoms with van der Waals surface area (Å²) >= 11 is 0. The van der Waals surface area contributed by atoms with Crippen LogP contribution in [-0.4, -0.2) is 34.0 Å². The van der Waals surface area contributed by atoms with Crippen LogP contribution in [0.15, 0.2) is 0 Å². The van der Waals surface area contributed by atoms with Crippen LogP contribution in [0.5, 0.6) is 0 Å². The van der Waals surface area contributed by atoms with Crippen molar-refractivity contribution in [1.82, 2.24) is 0 Å². The Hall–Kier alpha value is -0.740. The van der Waals surface area contributed by atoms with Crippen molar-refractivity contribution in [1.29, 1.82) is 0 Å². The number of rotatable bonds is 5. The van der Waals surface area contributed by atoms with Crippen LogP contribution in [0.25, 0.3) is 0 Å². The normalized spacial score (nSPS) is 15.3. The summed E-state index contributed by atoms with van der Waals surface area (Å²) in [5.41, 5.74) is 0. The van der Waals surface area contributed by atoms with Crippen molar-refractivity contribution in [2.75, 3.05) is 0 Å². The summed E-state index contributed by atoms with van der Waals surface area (Å²) < 4.78 is 0. The van der Waals surface area contributed by atoms with Gasteiger partial charge in [0.1, 0.15) is 12.2 Å². The lowest BCUT2D eigenvalue weighted by Gasteiger charge is -2.12. The third-order valence-corrected chi connectivity index (χ3v) is 1.54. The Morgan fingerprint density at radius 1 is 1.25 bits per heavy atom.